The highest BCUT2D eigenvalue weighted by Crippen LogP contribution is 2.26. The van der Waals surface area contributed by atoms with E-state index in [1.807, 2.05) is 0 Å². The zero-order chi connectivity index (χ0) is 22.5. The Kier molecular flexibility index (Phi) is 6.03. The molecule has 0 N–H and O–H groups in total. The number of fused-ring (bicyclic) bond motifs is 1. The van der Waals surface area contributed by atoms with Crippen molar-refractivity contribution in [1.82, 2.24) is 0 Å². The van der Waals surface area contributed by atoms with E-state index < -0.39 is 11.9 Å². The van der Waals surface area contributed by atoms with Crippen LogP contribution in [0.25, 0.3) is 10.8 Å². The zero-order valence-electron chi connectivity index (χ0n) is 17.5. The molecule has 32 heavy (non-hydrogen) atoms. The SMILES string of the molecule is COc1ccc(C(=O)Oc2ccc3cc(OC(=O)c4ccc(OC)cc4)ccc3c2)cc1. The number of methoxy groups -OCH3 is 2. The molecule has 6 heteroatoms. The van der Waals surface area contributed by atoms with E-state index in [-0.39, 0.29) is 0 Å². The first-order valence-corrected chi connectivity index (χ1v) is 9.82. The van der Waals surface area contributed by atoms with E-state index >= 15 is 0 Å². The molecule has 0 atom stereocenters. The monoisotopic (exact) mass is 428 g/mol. The summed E-state index contributed by atoms with van der Waals surface area (Å²) in [5.41, 5.74) is 0.846. The Morgan fingerprint density at radius 1 is 0.500 bits per heavy atom. The van der Waals surface area contributed by atoms with Gasteiger partial charge in [0.2, 0.25) is 0 Å². The second kappa shape index (κ2) is 9.22. The van der Waals surface area contributed by atoms with Crippen molar-refractivity contribution in [3.63, 3.8) is 0 Å². The van der Waals surface area contributed by atoms with Gasteiger partial charge >= 0.3 is 11.9 Å². The van der Waals surface area contributed by atoms with Crippen LogP contribution in [-0.4, -0.2) is 26.2 Å². The van der Waals surface area contributed by atoms with Crippen molar-refractivity contribution in [2.24, 2.45) is 0 Å². The van der Waals surface area contributed by atoms with Gasteiger partial charge in [0, 0.05) is 0 Å². The highest BCUT2D eigenvalue weighted by molar-refractivity contribution is 5.93. The van der Waals surface area contributed by atoms with E-state index in [0.29, 0.717) is 34.1 Å². The van der Waals surface area contributed by atoms with Gasteiger partial charge in [-0.1, -0.05) is 12.1 Å². The molecule has 0 spiro atoms. The number of hydrogen-bond acceptors (Lipinski definition) is 6. The molecule has 0 aliphatic heterocycles. The number of benzene rings is 4. The maximum absolute atomic E-state index is 12.4. The highest BCUT2D eigenvalue weighted by Gasteiger charge is 2.11. The van der Waals surface area contributed by atoms with Gasteiger partial charge in [0.25, 0.3) is 0 Å². The first-order chi connectivity index (χ1) is 15.6. The Balaban J connectivity index is 1.46. The van der Waals surface area contributed by atoms with Crippen LogP contribution in [0.15, 0.2) is 84.9 Å². The summed E-state index contributed by atoms with van der Waals surface area (Å²) in [6.07, 6.45) is 0. The molecule has 0 fully saturated rings. The molecular formula is C26H20O6. The maximum Gasteiger partial charge on any atom is 0.343 e. The summed E-state index contributed by atoms with van der Waals surface area (Å²) in [7, 11) is 3.13. The van der Waals surface area contributed by atoms with Crippen molar-refractivity contribution >= 4 is 22.7 Å². The van der Waals surface area contributed by atoms with Crippen molar-refractivity contribution in [2.45, 2.75) is 0 Å². The van der Waals surface area contributed by atoms with Gasteiger partial charge in [0.15, 0.2) is 0 Å². The fourth-order valence-corrected chi connectivity index (χ4v) is 3.12. The van der Waals surface area contributed by atoms with Crippen molar-refractivity contribution in [1.29, 1.82) is 0 Å². The van der Waals surface area contributed by atoms with Crippen molar-refractivity contribution < 1.29 is 28.5 Å². The number of rotatable bonds is 6. The number of esters is 2. The number of hydrogen-bond donors (Lipinski definition) is 0. The van der Waals surface area contributed by atoms with E-state index in [1.54, 1.807) is 99.1 Å². The van der Waals surface area contributed by atoms with Crippen LogP contribution in [0.4, 0.5) is 0 Å². The molecule has 0 amide bonds. The summed E-state index contributed by atoms with van der Waals surface area (Å²) in [5, 5.41) is 1.68. The lowest BCUT2D eigenvalue weighted by atomic mass is 10.1. The van der Waals surface area contributed by atoms with Crippen LogP contribution in [0.1, 0.15) is 20.7 Å². The van der Waals surface area contributed by atoms with E-state index in [0.717, 1.165) is 10.8 Å². The first kappa shape index (κ1) is 20.9. The molecule has 0 saturated heterocycles. The fourth-order valence-electron chi connectivity index (χ4n) is 3.12. The Labute approximate surface area is 184 Å². The van der Waals surface area contributed by atoms with Crippen LogP contribution in [-0.2, 0) is 0 Å². The van der Waals surface area contributed by atoms with Gasteiger partial charge in [0.05, 0.1) is 25.3 Å². The lowest BCUT2D eigenvalue weighted by Gasteiger charge is -2.09. The number of ether oxygens (including phenoxy) is 4. The predicted octanol–water partition coefficient (Wildman–Crippen LogP) is 5.30. The molecule has 160 valence electrons. The van der Waals surface area contributed by atoms with Crippen molar-refractivity contribution in [3.8, 4) is 23.0 Å². The highest BCUT2D eigenvalue weighted by atomic mass is 16.5. The van der Waals surface area contributed by atoms with Gasteiger partial charge in [-0.3, -0.25) is 0 Å². The van der Waals surface area contributed by atoms with Gasteiger partial charge < -0.3 is 18.9 Å². The third-order valence-corrected chi connectivity index (χ3v) is 4.86. The topological polar surface area (TPSA) is 71.1 Å². The first-order valence-electron chi connectivity index (χ1n) is 9.82. The predicted molar refractivity (Wildman–Crippen MR) is 120 cm³/mol. The van der Waals surface area contributed by atoms with Crippen molar-refractivity contribution in [2.75, 3.05) is 14.2 Å². The number of carbonyl (C=O) groups excluding carboxylic acids is 2. The van der Waals surface area contributed by atoms with Gasteiger partial charge in [0.1, 0.15) is 23.0 Å². The number of carbonyl (C=O) groups is 2. The normalized spacial score (nSPS) is 10.4. The molecule has 4 aromatic rings. The minimum absolute atomic E-state index is 0.418. The second-order valence-electron chi connectivity index (χ2n) is 6.91. The van der Waals surface area contributed by atoms with Gasteiger partial charge in [-0.25, -0.2) is 9.59 Å². The lowest BCUT2D eigenvalue weighted by molar-refractivity contribution is 0.0725. The molecule has 4 rings (SSSR count). The van der Waals surface area contributed by atoms with Crippen LogP contribution in [0.3, 0.4) is 0 Å². The summed E-state index contributed by atoms with van der Waals surface area (Å²) in [5.74, 6) is 1.24. The molecule has 0 unspecified atom stereocenters. The van der Waals surface area contributed by atoms with Gasteiger partial charge in [-0.05, 0) is 83.6 Å². The molecule has 0 heterocycles. The van der Waals surface area contributed by atoms with Gasteiger partial charge in [-0.2, -0.15) is 0 Å². The lowest BCUT2D eigenvalue weighted by Crippen LogP contribution is -2.08. The fraction of sp³-hybridized carbons (Fsp3) is 0.0769. The molecule has 0 aromatic heterocycles. The van der Waals surface area contributed by atoms with E-state index in [1.165, 1.54) is 0 Å². The second-order valence-corrected chi connectivity index (χ2v) is 6.91. The standard InChI is InChI=1S/C26H20O6/c1-29-21-9-3-17(4-10-21)25(27)31-23-13-7-20-16-24(14-8-19(20)15-23)32-26(28)18-5-11-22(30-2)12-6-18/h3-16H,1-2H3. The van der Waals surface area contributed by atoms with E-state index in [2.05, 4.69) is 0 Å². The Hall–Kier alpha value is -4.32. The molecule has 0 aliphatic carbocycles. The Morgan fingerprint density at radius 3 is 1.19 bits per heavy atom. The largest absolute Gasteiger partial charge is 0.497 e. The summed E-state index contributed by atoms with van der Waals surface area (Å²) in [6.45, 7) is 0. The molecule has 0 saturated carbocycles. The summed E-state index contributed by atoms with van der Waals surface area (Å²) < 4.78 is 21.1. The van der Waals surface area contributed by atoms with Crippen LogP contribution in [0.5, 0.6) is 23.0 Å². The van der Waals surface area contributed by atoms with Crippen LogP contribution in [0.2, 0.25) is 0 Å². The average Bonchev–Trinajstić information content (AvgIpc) is 2.84. The smallest absolute Gasteiger partial charge is 0.343 e. The summed E-state index contributed by atoms with van der Waals surface area (Å²) >= 11 is 0. The van der Waals surface area contributed by atoms with Crippen LogP contribution in [0, 0.1) is 0 Å². The quantitative estimate of drug-likeness (QED) is 0.307. The molecule has 0 aliphatic rings. The third-order valence-electron chi connectivity index (χ3n) is 4.86. The summed E-state index contributed by atoms with van der Waals surface area (Å²) in [6, 6.07) is 23.9. The zero-order valence-corrected chi connectivity index (χ0v) is 17.5. The molecular weight excluding hydrogens is 408 g/mol. The summed E-state index contributed by atoms with van der Waals surface area (Å²) in [4.78, 5) is 24.7. The van der Waals surface area contributed by atoms with Crippen molar-refractivity contribution in [3.05, 3.63) is 96.1 Å². The van der Waals surface area contributed by atoms with Crippen LogP contribution < -0.4 is 18.9 Å². The van der Waals surface area contributed by atoms with E-state index in [4.69, 9.17) is 18.9 Å². The Morgan fingerprint density at radius 2 is 0.844 bits per heavy atom. The molecule has 6 nitrogen and oxygen atoms in total. The minimum Gasteiger partial charge on any atom is -0.497 e. The molecule has 4 aromatic carbocycles. The minimum atomic E-state index is -0.461. The average molecular weight is 428 g/mol. The van der Waals surface area contributed by atoms with Crippen LogP contribution >= 0.6 is 0 Å². The Bertz CT molecular complexity index is 1160. The third kappa shape index (κ3) is 4.70. The molecule has 0 radical (unpaired) electrons. The molecule has 0 bridgehead atoms. The van der Waals surface area contributed by atoms with Gasteiger partial charge in [-0.15, -0.1) is 0 Å². The van der Waals surface area contributed by atoms with E-state index in [9.17, 15) is 9.59 Å². The maximum atomic E-state index is 12.4.